The monoisotopic (exact) mass is 398 g/mol. The summed E-state index contributed by atoms with van der Waals surface area (Å²) >= 11 is 0. The van der Waals surface area contributed by atoms with Crippen LogP contribution in [0.3, 0.4) is 0 Å². The first-order valence-electron chi connectivity index (χ1n) is 10.00. The largest absolute Gasteiger partial charge is 0.493 e. The van der Waals surface area contributed by atoms with E-state index in [1.807, 2.05) is 62.4 Å². The Morgan fingerprint density at radius 1 is 0.633 bits per heavy atom. The van der Waals surface area contributed by atoms with Crippen LogP contribution in [0.25, 0.3) is 32.7 Å². The maximum Gasteiger partial charge on any atom is 0.150 e. The number of ether oxygens (including phenoxy) is 2. The minimum atomic E-state index is 0.500. The van der Waals surface area contributed by atoms with Crippen molar-refractivity contribution in [3.05, 3.63) is 71.8 Å². The van der Waals surface area contributed by atoms with Crippen molar-refractivity contribution in [2.75, 3.05) is 13.2 Å². The maximum atomic E-state index is 11.5. The molecule has 0 fully saturated rings. The molecule has 0 saturated carbocycles. The standard InChI is InChI=1S/C26H22O4/c1-3-29-23-11-9-19-7-5-17(15-27)13-21(19)25(23)26-22-14-18(16-28)6-8-20(22)10-12-24(26)30-4-2/h5-16H,3-4H2,1-2H3. The molecule has 0 radical (unpaired) electrons. The molecule has 0 amide bonds. The molecule has 0 aromatic heterocycles. The van der Waals surface area contributed by atoms with Crippen LogP contribution in [0, 0.1) is 0 Å². The van der Waals surface area contributed by atoms with Gasteiger partial charge >= 0.3 is 0 Å². The van der Waals surface area contributed by atoms with E-state index in [0.29, 0.717) is 35.8 Å². The molecule has 0 aliphatic rings. The van der Waals surface area contributed by atoms with Gasteiger partial charge in [-0.15, -0.1) is 0 Å². The fraction of sp³-hybridized carbons (Fsp3) is 0.154. The van der Waals surface area contributed by atoms with Gasteiger partial charge in [0.2, 0.25) is 0 Å². The smallest absolute Gasteiger partial charge is 0.150 e. The zero-order chi connectivity index (χ0) is 21.1. The predicted octanol–water partition coefficient (Wildman–Crippen LogP) is 6.08. The van der Waals surface area contributed by atoms with Crippen molar-refractivity contribution in [2.45, 2.75) is 13.8 Å². The molecular weight excluding hydrogens is 376 g/mol. The lowest BCUT2D eigenvalue weighted by molar-refractivity contribution is 0.111. The van der Waals surface area contributed by atoms with Gasteiger partial charge in [0.05, 0.1) is 13.2 Å². The number of carbonyl (C=O) groups is 2. The Kier molecular flexibility index (Phi) is 5.48. The highest BCUT2D eigenvalue weighted by atomic mass is 16.5. The minimum Gasteiger partial charge on any atom is -0.493 e. The van der Waals surface area contributed by atoms with Crippen LogP contribution in [0.15, 0.2) is 60.7 Å². The lowest BCUT2D eigenvalue weighted by Gasteiger charge is -2.19. The van der Waals surface area contributed by atoms with Crippen LogP contribution in [-0.4, -0.2) is 25.8 Å². The Hall–Kier alpha value is -3.66. The summed E-state index contributed by atoms with van der Waals surface area (Å²) < 4.78 is 12.0. The summed E-state index contributed by atoms with van der Waals surface area (Å²) in [5.41, 5.74) is 2.89. The highest BCUT2D eigenvalue weighted by Gasteiger charge is 2.19. The number of hydrogen-bond donors (Lipinski definition) is 0. The van der Waals surface area contributed by atoms with Crippen molar-refractivity contribution in [2.24, 2.45) is 0 Å². The van der Waals surface area contributed by atoms with Crippen LogP contribution in [-0.2, 0) is 0 Å². The molecule has 0 unspecified atom stereocenters. The second-order valence-electron chi connectivity index (χ2n) is 6.94. The first-order valence-corrected chi connectivity index (χ1v) is 10.00. The Bertz CT molecular complexity index is 1160. The molecule has 0 aliphatic carbocycles. The molecule has 0 atom stereocenters. The van der Waals surface area contributed by atoms with Crippen LogP contribution < -0.4 is 9.47 Å². The van der Waals surface area contributed by atoms with Crippen molar-refractivity contribution in [1.29, 1.82) is 0 Å². The highest BCUT2D eigenvalue weighted by Crippen LogP contribution is 2.45. The van der Waals surface area contributed by atoms with Gasteiger partial charge in [-0.1, -0.05) is 36.4 Å². The van der Waals surface area contributed by atoms with Crippen LogP contribution in [0.5, 0.6) is 11.5 Å². The maximum absolute atomic E-state index is 11.5. The van der Waals surface area contributed by atoms with Crippen LogP contribution in [0.2, 0.25) is 0 Å². The summed E-state index contributed by atoms with van der Waals surface area (Å²) in [7, 11) is 0. The summed E-state index contributed by atoms with van der Waals surface area (Å²) in [6.07, 6.45) is 1.68. The molecule has 0 heterocycles. The van der Waals surface area contributed by atoms with Gasteiger partial charge in [0.15, 0.2) is 0 Å². The summed E-state index contributed by atoms with van der Waals surface area (Å²) in [5.74, 6) is 1.41. The Morgan fingerprint density at radius 3 is 1.40 bits per heavy atom. The van der Waals surface area contributed by atoms with Crippen molar-refractivity contribution in [1.82, 2.24) is 0 Å². The van der Waals surface area contributed by atoms with Crippen LogP contribution in [0.4, 0.5) is 0 Å². The topological polar surface area (TPSA) is 52.6 Å². The van der Waals surface area contributed by atoms with Gasteiger partial charge in [-0.25, -0.2) is 0 Å². The summed E-state index contributed by atoms with van der Waals surface area (Å²) in [6.45, 7) is 4.88. The van der Waals surface area contributed by atoms with Gasteiger partial charge in [0, 0.05) is 22.3 Å². The fourth-order valence-corrected chi connectivity index (χ4v) is 3.85. The number of aldehydes is 2. The zero-order valence-electron chi connectivity index (χ0n) is 17.0. The van der Waals surface area contributed by atoms with E-state index in [2.05, 4.69) is 0 Å². The van der Waals surface area contributed by atoms with E-state index < -0.39 is 0 Å². The Labute approximate surface area is 175 Å². The van der Waals surface area contributed by atoms with Gasteiger partial charge < -0.3 is 9.47 Å². The third kappa shape index (κ3) is 3.41. The number of hydrogen-bond acceptors (Lipinski definition) is 4. The Morgan fingerprint density at radius 2 is 1.03 bits per heavy atom. The average molecular weight is 398 g/mol. The second kappa shape index (κ2) is 8.37. The molecule has 150 valence electrons. The molecule has 4 aromatic carbocycles. The Balaban J connectivity index is 2.19. The minimum absolute atomic E-state index is 0.500. The molecule has 4 aromatic rings. The molecule has 0 bridgehead atoms. The van der Waals surface area contributed by atoms with E-state index >= 15 is 0 Å². The molecule has 30 heavy (non-hydrogen) atoms. The van der Waals surface area contributed by atoms with E-state index in [1.165, 1.54) is 0 Å². The van der Waals surface area contributed by atoms with E-state index in [4.69, 9.17) is 9.47 Å². The normalized spacial score (nSPS) is 10.9. The zero-order valence-corrected chi connectivity index (χ0v) is 17.0. The predicted molar refractivity (Wildman–Crippen MR) is 120 cm³/mol. The molecule has 0 aliphatic heterocycles. The van der Waals surface area contributed by atoms with Gasteiger partial charge in [0.25, 0.3) is 0 Å². The molecule has 0 N–H and O–H groups in total. The summed E-state index contributed by atoms with van der Waals surface area (Å²) in [6, 6.07) is 19.1. The van der Waals surface area contributed by atoms with Crippen molar-refractivity contribution < 1.29 is 19.1 Å². The van der Waals surface area contributed by atoms with Gasteiger partial charge in [0.1, 0.15) is 24.1 Å². The van der Waals surface area contributed by atoms with Crippen molar-refractivity contribution >= 4 is 34.1 Å². The second-order valence-corrected chi connectivity index (χ2v) is 6.94. The molecular formula is C26H22O4. The van der Waals surface area contributed by atoms with Crippen molar-refractivity contribution in [3.8, 4) is 22.6 Å². The summed E-state index contributed by atoms with van der Waals surface area (Å²) in [5, 5.41) is 3.78. The van der Waals surface area contributed by atoms with Gasteiger partial charge in [-0.2, -0.15) is 0 Å². The highest BCUT2D eigenvalue weighted by molar-refractivity contribution is 6.11. The van der Waals surface area contributed by atoms with E-state index in [-0.39, 0.29) is 0 Å². The first-order chi connectivity index (χ1) is 14.7. The molecule has 0 saturated heterocycles. The van der Waals surface area contributed by atoms with Crippen LogP contribution in [0.1, 0.15) is 34.6 Å². The van der Waals surface area contributed by atoms with Gasteiger partial charge in [-0.3, -0.25) is 9.59 Å². The quantitative estimate of drug-likeness (QED) is 0.354. The SMILES string of the molecule is CCOc1ccc2ccc(C=O)cc2c1-c1c(OCC)ccc2ccc(C=O)cc12. The van der Waals surface area contributed by atoms with E-state index in [9.17, 15) is 9.59 Å². The number of carbonyl (C=O) groups excluding carboxylic acids is 2. The van der Waals surface area contributed by atoms with Crippen molar-refractivity contribution in [3.63, 3.8) is 0 Å². The summed E-state index contributed by atoms with van der Waals surface area (Å²) in [4.78, 5) is 23.0. The van der Waals surface area contributed by atoms with E-state index in [1.54, 1.807) is 12.1 Å². The first kappa shape index (κ1) is 19.6. The number of fused-ring (bicyclic) bond motifs is 2. The fourth-order valence-electron chi connectivity index (χ4n) is 3.85. The number of rotatable bonds is 7. The molecule has 4 heteroatoms. The van der Waals surface area contributed by atoms with E-state index in [0.717, 1.165) is 45.2 Å². The molecule has 4 nitrogen and oxygen atoms in total. The molecule has 0 spiro atoms. The lowest BCUT2D eigenvalue weighted by atomic mass is 9.91. The molecule has 4 rings (SSSR count). The third-order valence-corrected chi connectivity index (χ3v) is 5.14. The average Bonchev–Trinajstić information content (AvgIpc) is 2.79. The van der Waals surface area contributed by atoms with Crippen LogP contribution >= 0.6 is 0 Å². The van der Waals surface area contributed by atoms with Gasteiger partial charge in [-0.05, 0) is 59.7 Å². The third-order valence-electron chi connectivity index (χ3n) is 5.14. The lowest BCUT2D eigenvalue weighted by Crippen LogP contribution is -2.00. The number of benzene rings is 4.